The minimum absolute atomic E-state index is 0.0813. The molecule has 0 saturated heterocycles. The van der Waals surface area contributed by atoms with Gasteiger partial charge in [-0.25, -0.2) is 0 Å². The molecule has 6 heteroatoms. The molecule has 0 bridgehead atoms. The minimum atomic E-state index is -0.782. The van der Waals surface area contributed by atoms with E-state index < -0.39 is 6.10 Å². The van der Waals surface area contributed by atoms with Gasteiger partial charge in [-0.05, 0) is 77.0 Å². The molecule has 0 rings (SSSR count). The van der Waals surface area contributed by atoms with Gasteiger partial charge in [0, 0.05) is 19.3 Å². The lowest BCUT2D eigenvalue weighted by Gasteiger charge is -2.18. The molecule has 0 radical (unpaired) electrons. The van der Waals surface area contributed by atoms with E-state index in [-0.39, 0.29) is 31.1 Å². The van der Waals surface area contributed by atoms with Crippen LogP contribution in [0.1, 0.15) is 252 Å². The van der Waals surface area contributed by atoms with Gasteiger partial charge in [0.2, 0.25) is 0 Å². The molecule has 1 atom stereocenters. The number of hydrogen-bond donors (Lipinski definition) is 0. The van der Waals surface area contributed by atoms with Crippen LogP contribution in [0, 0.1) is 0 Å². The van der Waals surface area contributed by atoms with Crippen molar-refractivity contribution >= 4 is 17.9 Å². The highest BCUT2D eigenvalue weighted by Gasteiger charge is 2.19. The van der Waals surface area contributed by atoms with E-state index in [1.807, 2.05) is 0 Å². The molecule has 0 aromatic heterocycles. The Balaban J connectivity index is 4.39. The van der Waals surface area contributed by atoms with Crippen molar-refractivity contribution in [2.24, 2.45) is 0 Å². The summed E-state index contributed by atoms with van der Waals surface area (Å²) in [4.78, 5) is 37.9. The van der Waals surface area contributed by atoms with Gasteiger partial charge in [-0.2, -0.15) is 0 Å². The summed E-state index contributed by atoms with van der Waals surface area (Å²) in [7, 11) is 0. The van der Waals surface area contributed by atoms with Crippen LogP contribution in [0.3, 0.4) is 0 Å². The van der Waals surface area contributed by atoms with Crippen molar-refractivity contribution in [3.05, 3.63) is 48.6 Å². The average molecular weight is 827 g/mol. The van der Waals surface area contributed by atoms with Gasteiger partial charge < -0.3 is 14.2 Å². The Bertz CT molecular complexity index is 1040. The van der Waals surface area contributed by atoms with Crippen LogP contribution in [0.4, 0.5) is 0 Å². The third-order valence-electron chi connectivity index (χ3n) is 10.8. The lowest BCUT2D eigenvalue weighted by Crippen LogP contribution is -2.30. The molecule has 0 spiro atoms. The maximum atomic E-state index is 12.8. The van der Waals surface area contributed by atoms with E-state index in [9.17, 15) is 14.4 Å². The fourth-order valence-electron chi connectivity index (χ4n) is 7.04. The number of ether oxygens (including phenoxy) is 3. The first-order valence-corrected chi connectivity index (χ1v) is 25.1. The second-order valence-corrected chi connectivity index (χ2v) is 16.7. The van der Waals surface area contributed by atoms with Crippen molar-refractivity contribution in [3.8, 4) is 0 Å². The van der Waals surface area contributed by atoms with Gasteiger partial charge >= 0.3 is 17.9 Å². The highest BCUT2D eigenvalue weighted by molar-refractivity contribution is 5.71. The summed E-state index contributed by atoms with van der Waals surface area (Å²) in [5.41, 5.74) is 0. The van der Waals surface area contributed by atoms with E-state index >= 15 is 0 Å². The van der Waals surface area contributed by atoms with Gasteiger partial charge in [-0.3, -0.25) is 14.4 Å². The number of hydrogen-bond acceptors (Lipinski definition) is 6. The predicted octanol–water partition coefficient (Wildman–Crippen LogP) is 16.3. The fraction of sp³-hybridized carbons (Fsp3) is 0.792. The van der Waals surface area contributed by atoms with Crippen LogP contribution in [-0.2, 0) is 28.6 Å². The van der Waals surface area contributed by atoms with E-state index in [2.05, 4.69) is 69.4 Å². The monoisotopic (exact) mass is 827 g/mol. The van der Waals surface area contributed by atoms with E-state index in [0.717, 1.165) is 96.3 Å². The van der Waals surface area contributed by atoms with Crippen molar-refractivity contribution < 1.29 is 28.6 Å². The minimum Gasteiger partial charge on any atom is -0.462 e. The molecule has 0 aromatic rings. The number of unbranched alkanes of at least 4 members (excludes halogenated alkanes) is 26. The smallest absolute Gasteiger partial charge is 0.306 e. The molecule has 1 unspecified atom stereocenters. The molecule has 0 N–H and O–H groups in total. The summed E-state index contributed by atoms with van der Waals surface area (Å²) < 4.78 is 16.8. The molecule has 0 fully saturated rings. The quantitative estimate of drug-likeness (QED) is 0.0263. The summed E-state index contributed by atoms with van der Waals surface area (Å²) >= 11 is 0. The first-order valence-electron chi connectivity index (χ1n) is 25.1. The second kappa shape index (κ2) is 48.0. The standard InChI is InChI=1S/C53H94O6/c1-4-7-10-13-16-19-22-25-26-27-29-31-34-37-40-43-46-52(55)58-49-50(48-57-51(54)45-42-39-36-33-30-24-21-18-15-12-9-6-3)59-53(56)47-44-41-38-35-32-28-23-20-17-14-11-8-5-2/h7,10,16,19,25-26,28,32,50H,4-6,8-9,11-15,17-18,20-24,27,29-31,33-49H2,1-3H3/b10-7-,19-16-,26-25-,32-28-. The van der Waals surface area contributed by atoms with E-state index in [4.69, 9.17) is 14.2 Å². The molecule has 342 valence electrons. The Labute approximate surface area is 365 Å². The van der Waals surface area contributed by atoms with Crippen LogP contribution < -0.4 is 0 Å². The molecule has 0 amide bonds. The van der Waals surface area contributed by atoms with Gasteiger partial charge in [-0.15, -0.1) is 0 Å². The van der Waals surface area contributed by atoms with Gasteiger partial charge in [-0.1, -0.05) is 204 Å². The SMILES string of the molecule is CC/C=C\C/C=C\C/C=C\CCCCCCCCC(=O)OCC(COC(=O)CCCCCCCCCCCCCC)OC(=O)CCCCC/C=C\CCCCCCCC. The zero-order valence-electron chi connectivity index (χ0n) is 39.0. The van der Waals surface area contributed by atoms with Crippen LogP contribution in [0.15, 0.2) is 48.6 Å². The lowest BCUT2D eigenvalue weighted by molar-refractivity contribution is -0.167. The lowest BCUT2D eigenvalue weighted by atomic mass is 10.0. The number of carbonyl (C=O) groups excluding carboxylic acids is 3. The summed E-state index contributed by atoms with van der Waals surface area (Å²) in [6.07, 6.45) is 56.6. The van der Waals surface area contributed by atoms with E-state index in [1.165, 1.54) is 116 Å². The Hall–Kier alpha value is -2.63. The zero-order valence-corrected chi connectivity index (χ0v) is 39.0. The molecule has 0 aromatic carbocycles. The number of esters is 3. The van der Waals surface area contributed by atoms with Crippen LogP contribution in [0.25, 0.3) is 0 Å². The number of allylic oxidation sites excluding steroid dienone is 8. The number of carbonyl (C=O) groups is 3. The molecule has 0 heterocycles. The third-order valence-corrected chi connectivity index (χ3v) is 10.8. The van der Waals surface area contributed by atoms with Crippen LogP contribution in [0.5, 0.6) is 0 Å². The van der Waals surface area contributed by atoms with Gasteiger partial charge in [0.05, 0.1) is 0 Å². The normalized spacial score (nSPS) is 12.4. The molecule has 0 aliphatic carbocycles. The van der Waals surface area contributed by atoms with Crippen molar-refractivity contribution in [1.82, 2.24) is 0 Å². The first-order chi connectivity index (χ1) is 29.0. The van der Waals surface area contributed by atoms with Crippen molar-refractivity contribution in [2.75, 3.05) is 13.2 Å². The summed E-state index contributed by atoms with van der Waals surface area (Å²) in [6.45, 7) is 6.50. The van der Waals surface area contributed by atoms with Gasteiger partial charge in [0.25, 0.3) is 0 Å². The second-order valence-electron chi connectivity index (χ2n) is 16.7. The van der Waals surface area contributed by atoms with E-state index in [0.29, 0.717) is 19.3 Å². The largest absolute Gasteiger partial charge is 0.462 e. The zero-order chi connectivity index (χ0) is 43.0. The maximum Gasteiger partial charge on any atom is 0.306 e. The fourth-order valence-corrected chi connectivity index (χ4v) is 7.04. The molecular weight excluding hydrogens is 733 g/mol. The van der Waals surface area contributed by atoms with Crippen molar-refractivity contribution in [3.63, 3.8) is 0 Å². The molecule has 0 saturated carbocycles. The Morgan fingerprint density at radius 2 is 0.661 bits per heavy atom. The maximum absolute atomic E-state index is 12.8. The van der Waals surface area contributed by atoms with Crippen molar-refractivity contribution in [1.29, 1.82) is 0 Å². The summed E-state index contributed by atoms with van der Waals surface area (Å²) in [5, 5.41) is 0. The third kappa shape index (κ3) is 46.3. The Kier molecular flexibility index (Phi) is 45.9. The molecule has 0 aliphatic rings. The molecular formula is C53H94O6. The summed E-state index contributed by atoms with van der Waals surface area (Å²) in [5.74, 6) is -0.906. The van der Waals surface area contributed by atoms with Gasteiger partial charge in [0.1, 0.15) is 13.2 Å². The van der Waals surface area contributed by atoms with Crippen LogP contribution >= 0.6 is 0 Å². The van der Waals surface area contributed by atoms with Crippen molar-refractivity contribution in [2.45, 2.75) is 258 Å². The van der Waals surface area contributed by atoms with E-state index in [1.54, 1.807) is 0 Å². The first kappa shape index (κ1) is 56.4. The highest BCUT2D eigenvalue weighted by Crippen LogP contribution is 2.15. The molecule has 0 aliphatic heterocycles. The Morgan fingerprint density at radius 3 is 1.07 bits per heavy atom. The predicted molar refractivity (Wildman–Crippen MR) is 252 cm³/mol. The average Bonchev–Trinajstić information content (AvgIpc) is 3.23. The highest BCUT2D eigenvalue weighted by atomic mass is 16.6. The molecule has 6 nitrogen and oxygen atoms in total. The summed E-state index contributed by atoms with van der Waals surface area (Å²) in [6, 6.07) is 0. The van der Waals surface area contributed by atoms with Crippen LogP contribution in [0.2, 0.25) is 0 Å². The number of rotatable bonds is 45. The topological polar surface area (TPSA) is 78.9 Å². The molecule has 59 heavy (non-hydrogen) atoms. The van der Waals surface area contributed by atoms with Crippen LogP contribution in [-0.4, -0.2) is 37.2 Å². The van der Waals surface area contributed by atoms with Gasteiger partial charge in [0.15, 0.2) is 6.10 Å². The Morgan fingerprint density at radius 1 is 0.356 bits per heavy atom.